The molecule has 0 spiro atoms. The Morgan fingerprint density at radius 3 is 1.97 bits per heavy atom. The van der Waals surface area contributed by atoms with Crippen LogP contribution in [0, 0.1) is 6.92 Å². The minimum Gasteiger partial charge on any atom is -0.505 e. The van der Waals surface area contributed by atoms with Gasteiger partial charge in [-0.25, -0.2) is 14.8 Å². The number of benzene rings is 5. The number of aryl methyl sites for hydroxylation is 1. The Balaban J connectivity index is 0.00000300. The van der Waals surface area contributed by atoms with Gasteiger partial charge in [-0.2, -0.15) is 25.3 Å². The summed E-state index contributed by atoms with van der Waals surface area (Å²) in [6.07, 6.45) is 0. The van der Waals surface area contributed by atoms with Crippen LogP contribution < -0.4 is 10.6 Å². The number of aromatic hydroxyl groups is 1. The van der Waals surface area contributed by atoms with Crippen molar-refractivity contribution in [2.75, 3.05) is 10.6 Å². The van der Waals surface area contributed by atoms with Crippen LogP contribution in [0.1, 0.15) is 12.5 Å². The Morgan fingerprint density at radius 2 is 1.36 bits per heavy atom. The van der Waals surface area contributed by atoms with Crippen LogP contribution in [0.25, 0.3) is 31.6 Å². The van der Waals surface area contributed by atoms with Crippen molar-refractivity contribution < 1.29 is 53.9 Å². The number of thiazole rings is 1. The summed E-state index contributed by atoms with van der Waals surface area (Å²) >= 11 is 0.822. The van der Waals surface area contributed by atoms with Crippen LogP contribution in [0.4, 0.5) is 33.2 Å². The second-order valence-corrected chi connectivity index (χ2v) is 16.8. The van der Waals surface area contributed by atoms with E-state index in [0.29, 0.717) is 11.4 Å². The Morgan fingerprint density at radius 1 is 0.741 bits per heavy atom. The number of rotatable bonds is 9. The van der Waals surface area contributed by atoms with Gasteiger partial charge in [-0.1, -0.05) is 6.07 Å². The van der Waals surface area contributed by atoms with E-state index in [-0.39, 0.29) is 142 Å². The van der Waals surface area contributed by atoms with Gasteiger partial charge in [0.2, 0.25) is 0 Å². The maximum absolute atomic E-state index is 12.7. The molecule has 18 nitrogen and oxygen atoms in total. The first-order valence-electron chi connectivity index (χ1n) is 15.3. The van der Waals surface area contributed by atoms with E-state index < -0.39 is 63.3 Å². The van der Waals surface area contributed by atoms with Crippen molar-refractivity contribution in [3.63, 3.8) is 0 Å². The third kappa shape index (κ3) is 11.3. The number of carbonyl (C=O) groups is 1. The second-order valence-electron chi connectivity index (χ2n) is 11.7. The van der Waals surface area contributed by atoms with E-state index in [9.17, 15) is 53.9 Å². The summed E-state index contributed by atoms with van der Waals surface area (Å²) < 4.78 is 104. The summed E-state index contributed by atoms with van der Waals surface area (Å²) in [7, 11) is -14.8. The third-order valence-corrected chi connectivity index (χ3v) is 11.8. The molecule has 0 saturated carbocycles. The first kappa shape index (κ1) is 49.5. The molecule has 0 aliphatic heterocycles. The van der Waals surface area contributed by atoms with E-state index in [0.717, 1.165) is 29.5 Å². The number of carbonyl (C=O) groups excluding carboxylic acids is 1. The van der Waals surface area contributed by atoms with Crippen molar-refractivity contribution in [2.24, 2.45) is 15.2 Å². The second kappa shape index (κ2) is 19.2. The molecule has 0 aliphatic carbocycles. The van der Waals surface area contributed by atoms with Crippen molar-refractivity contribution in [1.82, 2.24) is 4.98 Å². The number of hydrogen-bond acceptors (Lipinski definition) is 13. The molecule has 1 heterocycles. The van der Waals surface area contributed by atoms with Gasteiger partial charge in [-0.15, -0.1) is 21.6 Å². The number of urea groups is 1. The third-order valence-electron chi connectivity index (χ3n) is 7.71. The van der Waals surface area contributed by atoms with Crippen LogP contribution in [-0.4, -0.2) is 155 Å². The monoisotopic (exact) mass is 895 g/mol. The number of phenolic OH excluding ortho intramolecular Hbond substituents is 1. The number of azo groups is 1. The molecule has 25 heteroatoms. The van der Waals surface area contributed by atoms with Gasteiger partial charge in [0.15, 0.2) is 11.6 Å². The normalized spacial score (nSPS) is 12.1. The van der Waals surface area contributed by atoms with E-state index in [1.165, 1.54) is 62.4 Å². The maximum atomic E-state index is 12.7. The molecule has 6 rings (SSSR count). The fourth-order valence-corrected chi connectivity index (χ4v) is 8.99. The van der Waals surface area contributed by atoms with Crippen molar-refractivity contribution >= 4 is 192 Å². The molecule has 6 aromatic rings. The first-order valence-corrected chi connectivity index (χ1v) is 20.4. The number of nitrogens with one attached hydrogen (secondary N) is 2. The van der Waals surface area contributed by atoms with E-state index >= 15 is 0 Å². The molecule has 0 bridgehead atoms. The van der Waals surface area contributed by atoms with E-state index in [1.54, 1.807) is 12.1 Å². The number of hydrogen-bond donors (Lipinski definition) is 7. The zero-order chi connectivity index (χ0) is 40.0. The predicted octanol–water partition coefficient (Wildman–Crippen LogP) is 6.40. The first-order chi connectivity index (χ1) is 25.7. The van der Waals surface area contributed by atoms with Gasteiger partial charge in [0, 0.05) is 118 Å². The molecule has 0 saturated heterocycles. The van der Waals surface area contributed by atoms with E-state index in [4.69, 9.17) is 0 Å². The molecule has 58 heavy (non-hydrogen) atoms. The van der Waals surface area contributed by atoms with Gasteiger partial charge in [0.1, 0.15) is 31.1 Å². The zero-order valence-corrected chi connectivity index (χ0v) is 40.3. The smallest absolute Gasteiger partial charge is 0.323 e. The quantitative estimate of drug-likeness (QED) is 0.0272. The largest absolute Gasteiger partial charge is 0.505 e. The van der Waals surface area contributed by atoms with Gasteiger partial charge in [-0.05, 0) is 90.7 Å². The molecule has 2 amide bonds. The molecule has 0 unspecified atom stereocenters. The standard InChI is InChI=1S/C33H26N6O12S4.3Na/c1-16-3-11-25-30(31(16)55(49,50)51)52-32(37-25)18-4-12-24(26(14-18)53(43,44)45)38-39-28-27(54(46,47)48)15-19-13-22(9-10-23(19)29(28)41)36-33(42)35-21-7-5-20(6-8-21)34-17(2)40;;;/h3-15,41H,1-2H3,(H,34,40)(H2,35,36,42)(H,43,44,45)(H,46,47,48)(H,49,50,51);;;. The number of aliphatic hydroxyl groups is 1. The number of aromatic nitrogens is 1. The Hall–Kier alpha value is -2.88. The topological polar surface area (TPSA) is 295 Å². The van der Waals surface area contributed by atoms with Crippen molar-refractivity contribution in [2.45, 2.75) is 28.5 Å². The number of aliphatic imine (C=N–C) groups is 1. The number of phenols is 1. The van der Waals surface area contributed by atoms with Crippen molar-refractivity contribution in [1.29, 1.82) is 0 Å². The summed E-state index contributed by atoms with van der Waals surface area (Å²) in [5, 5.41) is 33.2. The average Bonchev–Trinajstić information content (AvgIpc) is 3.51. The van der Waals surface area contributed by atoms with Gasteiger partial charge in [0.05, 0.1) is 15.9 Å². The van der Waals surface area contributed by atoms with Gasteiger partial charge >= 0.3 is 6.03 Å². The van der Waals surface area contributed by atoms with Crippen LogP contribution in [0.15, 0.2) is 109 Å². The predicted molar refractivity (Wildman–Crippen MR) is 221 cm³/mol. The van der Waals surface area contributed by atoms with Crippen LogP contribution in [0.2, 0.25) is 0 Å². The number of amides is 2. The molecule has 287 valence electrons. The molecule has 0 atom stereocenters. The Kier molecular flexibility index (Phi) is 16.4. The number of aliphatic hydroxyl groups excluding tert-OH is 1. The molecule has 5 aromatic carbocycles. The van der Waals surface area contributed by atoms with Gasteiger partial charge < -0.3 is 20.8 Å². The van der Waals surface area contributed by atoms with Crippen LogP contribution in [0.5, 0.6) is 5.75 Å². The summed E-state index contributed by atoms with van der Waals surface area (Å²) in [4.78, 5) is 18.7. The minimum atomic E-state index is -5.12. The Bertz CT molecular complexity index is 2980. The fourth-order valence-electron chi connectivity index (χ4n) is 5.37. The molecule has 3 radical (unpaired) electrons. The molecule has 7 N–H and O–H groups in total. The zero-order valence-electron chi connectivity index (χ0n) is 31.0. The molecular formula is C33H26N6Na3O12S4. The average molecular weight is 896 g/mol. The van der Waals surface area contributed by atoms with Crippen LogP contribution >= 0.6 is 11.3 Å². The molecule has 1 aromatic heterocycles. The van der Waals surface area contributed by atoms with Gasteiger partial charge in [0.25, 0.3) is 30.4 Å². The number of nitrogens with zero attached hydrogens (tertiary/aromatic N) is 4. The maximum Gasteiger partial charge on any atom is 0.323 e. The summed E-state index contributed by atoms with van der Waals surface area (Å²) in [5.74, 6) is -0.944. The fraction of sp³-hybridized carbons (Fsp3) is 0.0606. The van der Waals surface area contributed by atoms with Crippen LogP contribution in [-0.2, 0) is 30.4 Å². The SMILES string of the molecule is CC(O)=Nc1ccc(NC(=O)Nc2ccc3c(O)c(N=Nc4ccc(-c5nc6ccc(C)c(S(=O)(=O)O)c6s5)cc4S(=O)(=O)O)c(S(=O)(=O)O)cc3c2)cc1.[Na].[Na].[Na]. The number of fused-ring (bicyclic) bond motifs is 2. The van der Waals surface area contributed by atoms with E-state index in [2.05, 4.69) is 30.8 Å². The van der Waals surface area contributed by atoms with Crippen molar-refractivity contribution in [3.05, 3.63) is 84.4 Å². The van der Waals surface area contributed by atoms with Crippen molar-refractivity contribution in [3.8, 4) is 16.3 Å². The number of anilines is 2. The summed E-state index contributed by atoms with van der Waals surface area (Å²) in [6.45, 7) is 2.87. The van der Waals surface area contributed by atoms with Gasteiger partial charge in [-0.3, -0.25) is 13.7 Å². The molecule has 0 fully saturated rings. The Labute approximate surface area is 401 Å². The summed E-state index contributed by atoms with van der Waals surface area (Å²) in [5.41, 5.74) is 0.153. The van der Waals surface area contributed by atoms with E-state index in [1.807, 2.05) is 0 Å². The summed E-state index contributed by atoms with van der Waals surface area (Å²) in [6, 6.07) is 16.7. The minimum absolute atomic E-state index is 0. The van der Waals surface area contributed by atoms with Crippen LogP contribution in [0.3, 0.4) is 0 Å². The molecule has 0 aliphatic rings. The molecular weight excluding hydrogens is 870 g/mol.